The molecule has 0 saturated carbocycles. The van der Waals surface area contributed by atoms with Crippen LogP contribution in [-0.4, -0.2) is 25.7 Å². The topological polar surface area (TPSA) is 91.9 Å². The van der Waals surface area contributed by atoms with Crippen molar-refractivity contribution in [2.45, 2.75) is 11.8 Å². The number of aromatic amines is 1. The highest BCUT2D eigenvalue weighted by Crippen LogP contribution is 2.31. The van der Waals surface area contributed by atoms with Crippen molar-refractivity contribution in [2.75, 3.05) is 7.05 Å². The predicted molar refractivity (Wildman–Crippen MR) is 69.2 cm³/mol. The number of hydrogen-bond acceptors (Lipinski definition) is 5. The zero-order valence-electron chi connectivity index (χ0n) is 9.72. The maximum absolute atomic E-state index is 11.7. The summed E-state index contributed by atoms with van der Waals surface area (Å²) in [5.41, 5.74) is 0.246. The van der Waals surface area contributed by atoms with Crippen LogP contribution in [0.5, 0.6) is 0 Å². The molecule has 2 heterocycles. The minimum atomic E-state index is -3.46. The van der Waals surface area contributed by atoms with Crippen molar-refractivity contribution in [2.24, 2.45) is 0 Å². The first-order valence-electron chi connectivity index (χ1n) is 5.04. The summed E-state index contributed by atoms with van der Waals surface area (Å²) in [5.74, 6) is 0. The van der Waals surface area contributed by atoms with E-state index in [-0.39, 0.29) is 10.5 Å². The summed E-state index contributed by atoms with van der Waals surface area (Å²) in [4.78, 5) is 12.5. The highest BCUT2D eigenvalue weighted by molar-refractivity contribution is 7.89. The van der Waals surface area contributed by atoms with Crippen molar-refractivity contribution < 1.29 is 8.42 Å². The molecule has 0 amide bonds. The molecule has 0 bridgehead atoms. The number of nitrogens with zero attached hydrogens (tertiary/aromatic N) is 1. The lowest BCUT2D eigenvalue weighted by atomic mass is 10.3. The van der Waals surface area contributed by atoms with Gasteiger partial charge in [-0.15, -0.1) is 11.3 Å². The third-order valence-electron chi connectivity index (χ3n) is 2.36. The van der Waals surface area contributed by atoms with Gasteiger partial charge in [0.05, 0.1) is 9.77 Å². The molecule has 2 aromatic rings. The summed E-state index contributed by atoms with van der Waals surface area (Å²) in [7, 11) is -2.10. The van der Waals surface area contributed by atoms with Crippen LogP contribution in [0.4, 0.5) is 0 Å². The summed E-state index contributed by atoms with van der Waals surface area (Å²) in [6.07, 6.45) is 0. The molecule has 8 heteroatoms. The molecular weight excluding hydrogens is 274 g/mol. The molecule has 2 aromatic heterocycles. The maximum Gasteiger partial charge on any atom is 0.264 e. The van der Waals surface area contributed by atoms with E-state index < -0.39 is 10.0 Å². The van der Waals surface area contributed by atoms with Gasteiger partial charge in [-0.3, -0.25) is 4.79 Å². The summed E-state index contributed by atoms with van der Waals surface area (Å²) in [6.45, 7) is 1.73. The zero-order chi connectivity index (χ0) is 13.3. The fourth-order valence-electron chi connectivity index (χ4n) is 1.45. The van der Waals surface area contributed by atoms with Crippen LogP contribution >= 0.6 is 11.3 Å². The molecule has 0 saturated heterocycles. The van der Waals surface area contributed by atoms with Gasteiger partial charge < -0.3 is 0 Å². The quantitative estimate of drug-likeness (QED) is 0.869. The molecule has 0 aliphatic heterocycles. The zero-order valence-corrected chi connectivity index (χ0v) is 11.4. The number of hydrogen-bond donors (Lipinski definition) is 2. The molecule has 2 N–H and O–H groups in total. The largest absolute Gasteiger partial charge is 0.268 e. The van der Waals surface area contributed by atoms with E-state index in [0.29, 0.717) is 15.4 Å². The summed E-state index contributed by atoms with van der Waals surface area (Å²) < 4.78 is 25.7. The van der Waals surface area contributed by atoms with E-state index in [4.69, 9.17) is 0 Å². The van der Waals surface area contributed by atoms with E-state index in [1.807, 2.05) is 0 Å². The van der Waals surface area contributed by atoms with Gasteiger partial charge in [0.1, 0.15) is 5.69 Å². The van der Waals surface area contributed by atoms with Gasteiger partial charge in [0, 0.05) is 10.9 Å². The smallest absolute Gasteiger partial charge is 0.264 e. The summed E-state index contributed by atoms with van der Waals surface area (Å²) >= 11 is 1.31. The highest BCUT2D eigenvalue weighted by atomic mass is 32.2. The van der Waals surface area contributed by atoms with Crippen molar-refractivity contribution in [1.29, 1.82) is 0 Å². The van der Waals surface area contributed by atoms with E-state index in [2.05, 4.69) is 14.9 Å². The van der Waals surface area contributed by atoms with Crippen molar-refractivity contribution in [3.8, 4) is 10.6 Å². The lowest BCUT2D eigenvalue weighted by Crippen LogP contribution is -2.18. The molecule has 0 fully saturated rings. The Hall–Kier alpha value is -1.51. The fourth-order valence-corrected chi connectivity index (χ4v) is 3.73. The monoisotopic (exact) mass is 285 g/mol. The predicted octanol–water partition coefficient (Wildman–Crippen LogP) is 0.715. The van der Waals surface area contributed by atoms with Gasteiger partial charge in [0.15, 0.2) is 0 Å². The molecule has 2 rings (SSSR count). The first kappa shape index (κ1) is 12.9. The first-order valence-corrected chi connectivity index (χ1v) is 7.34. The Balaban J connectivity index is 2.53. The summed E-state index contributed by atoms with van der Waals surface area (Å²) in [5, 5.41) is 6.18. The molecule has 0 aliphatic rings. The van der Waals surface area contributed by atoms with Gasteiger partial charge in [-0.2, -0.15) is 5.10 Å². The van der Waals surface area contributed by atoms with E-state index >= 15 is 0 Å². The molecule has 96 valence electrons. The maximum atomic E-state index is 11.7. The summed E-state index contributed by atoms with van der Waals surface area (Å²) in [6, 6.07) is 4.45. The fraction of sp³-hybridized carbons (Fsp3) is 0.200. The number of H-pyrrole nitrogens is 1. The molecule has 0 unspecified atom stereocenters. The third kappa shape index (κ3) is 2.35. The van der Waals surface area contributed by atoms with Crippen molar-refractivity contribution >= 4 is 21.4 Å². The number of thiophene rings is 1. The minimum Gasteiger partial charge on any atom is -0.268 e. The van der Waals surface area contributed by atoms with E-state index in [0.717, 1.165) is 0 Å². The normalized spacial score (nSPS) is 11.7. The van der Waals surface area contributed by atoms with Gasteiger partial charge in [-0.1, -0.05) is 0 Å². The molecule has 6 nitrogen and oxygen atoms in total. The SMILES string of the molecule is CNS(=O)(=O)c1cc(-c2ccc(=O)[nH]n2)sc1C. The third-order valence-corrected chi connectivity index (χ3v) is 5.10. The molecular formula is C10H11N3O3S2. The standard InChI is InChI=1S/C10H11N3O3S2/c1-6-9(18(15,16)11-2)5-8(17-6)7-3-4-10(14)13-12-7/h3-5,11H,1-2H3,(H,13,14). The minimum absolute atomic E-state index is 0.234. The Morgan fingerprint density at radius 2 is 2.11 bits per heavy atom. The van der Waals surface area contributed by atoms with Gasteiger partial charge in [0.25, 0.3) is 5.56 Å². The van der Waals surface area contributed by atoms with Crippen LogP contribution in [0, 0.1) is 6.92 Å². The van der Waals surface area contributed by atoms with Crippen LogP contribution < -0.4 is 10.3 Å². The number of nitrogens with one attached hydrogen (secondary N) is 2. The highest BCUT2D eigenvalue weighted by Gasteiger charge is 2.19. The van der Waals surface area contributed by atoms with Crippen molar-refractivity contribution in [3.63, 3.8) is 0 Å². The molecule has 0 radical (unpaired) electrons. The molecule has 0 spiro atoms. The Morgan fingerprint density at radius 3 is 2.67 bits per heavy atom. The van der Waals surface area contributed by atoms with Crippen LogP contribution in [-0.2, 0) is 10.0 Å². The van der Waals surface area contributed by atoms with E-state index in [1.54, 1.807) is 19.1 Å². The Labute approximate surface area is 108 Å². The van der Waals surface area contributed by atoms with Gasteiger partial charge in [-0.25, -0.2) is 18.2 Å². The number of aryl methyl sites for hydroxylation is 1. The van der Waals surface area contributed by atoms with Crippen LogP contribution in [0.1, 0.15) is 4.88 Å². The number of aromatic nitrogens is 2. The van der Waals surface area contributed by atoms with Gasteiger partial charge in [0.2, 0.25) is 10.0 Å². The Kier molecular flexibility index (Phi) is 3.33. The molecule has 0 aliphatic carbocycles. The molecule has 0 atom stereocenters. The van der Waals surface area contributed by atoms with Crippen LogP contribution in [0.25, 0.3) is 10.6 Å². The van der Waals surface area contributed by atoms with Crippen molar-refractivity contribution in [3.05, 3.63) is 33.4 Å². The average molecular weight is 285 g/mol. The van der Waals surface area contributed by atoms with Gasteiger partial charge in [-0.05, 0) is 26.1 Å². The van der Waals surface area contributed by atoms with Crippen LogP contribution in [0.3, 0.4) is 0 Å². The number of rotatable bonds is 3. The molecule has 18 heavy (non-hydrogen) atoms. The van der Waals surface area contributed by atoms with E-state index in [1.165, 1.54) is 24.5 Å². The second-order valence-electron chi connectivity index (χ2n) is 3.55. The van der Waals surface area contributed by atoms with Gasteiger partial charge >= 0.3 is 0 Å². The Morgan fingerprint density at radius 1 is 1.39 bits per heavy atom. The lowest BCUT2D eigenvalue weighted by molar-refractivity contribution is 0.588. The number of sulfonamides is 1. The van der Waals surface area contributed by atoms with Crippen molar-refractivity contribution in [1.82, 2.24) is 14.9 Å². The average Bonchev–Trinajstić information content (AvgIpc) is 2.73. The second kappa shape index (κ2) is 4.63. The van der Waals surface area contributed by atoms with Crippen LogP contribution in [0.15, 0.2) is 27.9 Å². The second-order valence-corrected chi connectivity index (χ2v) is 6.66. The van der Waals surface area contributed by atoms with Crippen LogP contribution in [0.2, 0.25) is 0 Å². The molecule has 0 aromatic carbocycles. The lowest BCUT2D eigenvalue weighted by Gasteiger charge is -1.99. The first-order chi connectivity index (χ1) is 8.44. The Bertz CT molecular complexity index is 711. The van der Waals surface area contributed by atoms with E-state index in [9.17, 15) is 13.2 Å².